The number of hydrogen-bond acceptors (Lipinski definition) is 5. The van der Waals surface area contributed by atoms with Crippen LogP contribution in [0.15, 0.2) is 48.5 Å². The van der Waals surface area contributed by atoms with Crippen molar-refractivity contribution in [2.75, 3.05) is 43.5 Å². The first-order valence-electron chi connectivity index (χ1n) is 12.8. The summed E-state index contributed by atoms with van der Waals surface area (Å²) >= 11 is 0. The Hall–Kier alpha value is -3.06. The molecule has 0 spiro atoms. The van der Waals surface area contributed by atoms with E-state index in [9.17, 15) is 9.59 Å². The van der Waals surface area contributed by atoms with Crippen LogP contribution in [-0.2, 0) is 15.9 Å². The number of carbonyl (C=O) groups excluding carboxylic acids is 2. The number of nitrogens with zero attached hydrogens (tertiary/aromatic N) is 1. The third-order valence-corrected chi connectivity index (χ3v) is 5.54. The van der Waals surface area contributed by atoms with Crippen molar-refractivity contribution in [1.29, 1.82) is 0 Å². The van der Waals surface area contributed by atoms with E-state index in [0.717, 1.165) is 69.3 Å². The lowest BCUT2D eigenvalue weighted by molar-refractivity contribution is 0.138. The highest BCUT2D eigenvalue weighted by Gasteiger charge is 2.08. The highest BCUT2D eigenvalue weighted by molar-refractivity contribution is 5.85. The number of rotatable bonds is 15. The van der Waals surface area contributed by atoms with Gasteiger partial charge in [-0.1, -0.05) is 57.9 Å². The second-order valence-corrected chi connectivity index (χ2v) is 8.64. The summed E-state index contributed by atoms with van der Waals surface area (Å²) in [6.45, 7) is 9.99. The van der Waals surface area contributed by atoms with Crippen LogP contribution in [0.25, 0.3) is 0 Å². The fraction of sp³-hybridized carbons (Fsp3) is 0.500. The molecule has 0 bridgehead atoms. The molecule has 0 fully saturated rings. The first kappa shape index (κ1) is 28.2. The van der Waals surface area contributed by atoms with Gasteiger partial charge in [0.15, 0.2) is 0 Å². The third kappa shape index (κ3) is 11.8. The quantitative estimate of drug-likeness (QED) is 0.295. The van der Waals surface area contributed by atoms with E-state index in [4.69, 9.17) is 9.47 Å². The van der Waals surface area contributed by atoms with E-state index < -0.39 is 12.2 Å². The minimum absolute atomic E-state index is 0.387. The molecule has 7 heteroatoms. The molecule has 7 nitrogen and oxygen atoms in total. The average molecular weight is 484 g/mol. The summed E-state index contributed by atoms with van der Waals surface area (Å²) in [5.41, 5.74) is 3.65. The lowest BCUT2D eigenvalue weighted by Crippen LogP contribution is -2.31. The Kier molecular flexibility index (Phi) is 13.3. The van der Waals surface area contributed by atoms with Gasteiger partial charge in [0.1, 0.15) is 6.61 Å². The maximum Gasteiger partial charge on any atom is 0.411 e. The second kappa shape index (κ2) is 16.5. The summed E-state index contributed by atoms with van der Waals surface area (Å²) in [7, 11) is 0. The third-order valence-electron chi connectivity index (χ3n) is 5.54. The van der Waals surface area contributed by atoms with Gasteiger partial charge in [0.05, 0.1) is 6.61 Å². The number of carbonyl (C=O) groups is 2. The second-order valence-electron chi connectivity index (χ2n) is 8.64. The van der Waals surface area contributed by atoms with Crippen LogP contribution >= 0.6 is 0 Å². The monoisotopic (exact) mass is 483 g/mol. The number of hydrogen-bond donors (Lipinski definition) is 2. The zero-order chi connectivity index (χ0) is 25.3. The van der Waals surface area contributed by atoms with Crippen LogP contribution in [0.1, 0.15) is 64.0 Å². The number of benzene rings is 2. The molecule has 0 aliphatic carbocycles. The summed E-state index contributed by atoms with van der Waals surface area (Å²) < 4.78 is 10.4. The summed E-state index contributed by atoms with van der Waals surface area (Å²) in [5, 5.41) is 5.52. The molecule has 2 aromatic carbocycles. The standard InChI is InChI=1S/C28H41N3O4/c1-4-7-17-31(18-8-5-2)19-21-35-28(33)30-26-15-11-24(12-16-26)22-23-9-13-25(14-10-23)29-27(32)34-20-6-3/h9-16H,4-8,17-22H2,1-3H3,(H,29,32)(H,30,33). The van der Waals surface area contributed by atoms with E-state index in [1.807, 2.05) is 55.5 Å². The largest absolute Gasteiger partial charge is 0.449 e. The van der Waals surface area contributed by atoms with E-state index >= 15 is 0 Å². The lowest BCUT2D eigenvalue weighted by atomic mass is 10.0. The molecule has 0 atom stereocenters. The molecule has 2 aromatic rings. The van der Waals surface area contributed by atoms with Crippen molar-refractivity contribution in [3.63, 3.8) is 0 Å². The van der Waals surface area contributed by atoms with Crippen LogP contribution in [-0.4, -0.2) is 49.9 Å². The van der Waals surface area contributed by atoms with Gasteiger partial charge in [0.2, 0.25) is 0 Å². The van der Waals surface area contributed by atoms with Gasteiger partial charge in [0, 0.05) is 17.9 Å². The molecule has 2 N–H and O–H groups in total. The molecular formula is C28H41N3O4. The van der Waals surface area contributed by atoms with Gasteiger partial charge in [-0.3, -0.25) is 15.5 Å². The fourth-order valence-electron chi connectivity index (χ4n) is 3.52. The molecule has 35 heavy (non-hydrogen) atoms. The lowest BCUT2D eigenvalue weighted by Gasteiger charge is -2.21. The minimum atomic E-state index is -0.438. The van der Waals surface area contributed by atoms with Crippen molar-refractivity contribution in [2.45, 2.75) is 59.3 Å². The molecule has 192 valence electrons. The highest BCUT2D eigenvalue weighted by atomic mass is 16.6. The smallest absolute Gasteiger partial charge is 0.411 e. The molecule has 0 aromatic heterocycles. The highest BCUT2D eigenvalue weighted by Crippen LogP contribution is 2.16. The van der Waals surface area contributed by atoms with Crippen molar-refractivity contribution >= 4 is 23.6 Å². The molecule has 0 aliphatic rings. The zero-order valence-electron chi connectivity index (χ0n) is 21.5. The molecule has 0 aliphatic heterocycles. The van der Waals surface area contributed by atoms with Crippen molar-refractivity contribution in [3.05, 3.63) is 59.7 Å². The molecule has 0 saturated heterocycles. The van der Waals surface area contributed by atoms with E-state index in [-0.39, 0.29) is 0 Å². The van der Waals surface area contributed by atoms with Crippen molar-refractivity contribution in [2.24, 2.45) is 0 Å². The number of nitrogens with one attached hydrogen (secondary N) is 2. The van der Waals surface area contributed by atoms with Gasteiger partial charge in [-0.05, 0) is 74.2 Å². The fourth-order valence-corrected chi connectivity index (χ4v) is 3.52. The Morgan fingerprint density at radius 3 is 1.54 bits per heavy atom. The first-order chi connectivity index (χ1) is 17.0. The normalized spacial score (nSPS) is 10.7. The van der Waals surface area contributed by atoms with Crippen LogP contribution < -0.4 is 10.6 Å². The van der Waals surface area contributed by atoms with Gasteiger partial charge in [-0.15, -0.1) is 0 Å². The van der Waals surface area contributed by atoms with Crippen molar-refractivity contribution in [3.8, 4) is 0 Å². The van der Waals surface area contributed by atoms with Gasteiger partial charge < -0.3 is 9.47 Å². The summed E-state index contributed by atoms with van der Waals surface area (Å²) in [6, 6.07) is 15.4. The first-order valence-corrected chi connectivity index (χ1v) is 12.8. The van der Waals surface area contributed by atoms with Crippen LogP contribution in [0.4, 0.5) is 21.0 Å². The van der Waals surface area contributed by atoms with Crippen LogP contribution in [0.3, 0.4) is 0 Å². The number of amides is 2. The number of unbranched alkanes of at least 4 members (excludes halogenated alkanes) is 2. The zero-order valence-corrected chi connectivity index (χ0v) is 21.5. The minimum Gasteiger partial charge on any atom is -0.449 e. The van der Waals surface area contributed by atoms with E-state index in [2.05, 4.69) is 29.4 Å². The summed E-state index contributed by atoms with van der Waals surface area (Å²) in [4.78, 5) is 26.2. The molecule has 2 rings (SSSR count). The van der Waals surface area contributed by atoms with E-state index in [1.54, 1.807) is 0 Å². The predicted octanol–water partition coefficient (Wildman–Crippen LogP) is 6.69. The SMILES string of the molecule is CCCCN(CCCC)CCOC(=O)Nc1ccc(Cc2ccc(NC(=O)OCCC)cc2)cc1. The topological polar surface area (TPSA) is 79.9 Å². The maximum absolute atomic E-state index is 12.2. The van der Waals surface area contributed by atoms with Gasteiger partial charge >= 0.3 is 12.2 Å². The molecule has 0 heterocycles. The summed E-state index contributed by atoms with van der Waals surface area (Å²) in [5.74, 6) is 0. The van der Waals surface area contributed by atoms with Crippen LogP contribution in [0.2, 0.25) is 0 Å². The molecule has 0 saturated carbocycles. The van der Waals surface area contributed by atoms with Crippen LogP contribution in [0, 0.1) is 0 Å². The van der Waals surface area contributed by atoms with Gasteiger partial charge in [0.25, 0.3) is 0 Å². The molecule has 2 amide bonds. The Morgan fingerprint density at radius 2 is 1.11 bits per heavy atom. The maximum atomic E-state index is 12.2. The Balaban J connectivity index is 1.75. The Bertz CT molecular complexity index is 861. The Morgan fingerprint density at radius 1 is 0.657 bits per heavy atom. The molecule has 0 unspecified atom stereocenters. The van der Waals surface area contributed by atoms with Crippen molar-refractivity contribution in [1.82, 2.24) is 4.90 Å². The van der Waals surface area contributed by atoms with Crippen molar-refractivity contribution < 1.29 is 19.1 Å². The van der Waals surface area contributed by atoms with E-state index in [1.165, 1.54) is 0 Å². The summed E-state index contributed by atoms with van der Waals surface area (Å²) in [6.07, 6.45) is 5.33. The number of anilines is 2. The molecule has 0 radical (unpaired) electrons. The predicted molar refractivity (Wildman–Crippen MR) is 142 cm³/mol. The average Bonchev–Trinajstić information content (AvgIpc) is 2.86. The van der Waals surface area contributed by atoms with Gasteiger partial charge in [-0.2, -0.15) is 0 Å². The van der Waals surface area contributed by atoms with E-state index in [0.29, 0.717) is 24.6 Å². The number of ether oxygens (including phenoxy) is 2. The molecular weight excluding hydrogens is 442 g/mol. The van der Waals surface area contributed by atoms with Crippen LogP contribution in [0.5, 0.6) is 0 Å². The van der Waals surface area contributed by atoms with Gasteiger partial charge in [-0.25, -0.2) is 9.59 Å². The Labute approximate surface area is 210 Å².